The van der Waals surface area contributed by atoms with E-state index in [1.54, 1.807) is 6.08 Å². The van der Waals surface area contributed by atoms with Crippen LogP contribution in [0.3, 0.4) is 0 Å². The van der Waals surface area contributed by atoms with Gasteiger partial charge in [-0.2, -0.15) is 0 Å². The molecule has 0 fully saturated rings. The second-order valence-electron chi connectivity index (χ2n) is 4.05. The second-order valence-corrected chi connectivity index (χ2v) is 4.85. The number of carboxylic acid groups (broad SMARTS) is 1. The Bertz CT molecular complexity index is 349. The smallest absolute Gasteiger partial charge is 0.311 e. The maximum atomic E-state index is 11.2. The number of rotatable bonds is 4. The molecule has 0 aromatic carbocycles. The van der Waals surface area contributed by atoms with E-state index in [2.05, 4.69) is 0 Å². The van der Waals surface area contributed by atoms with Crippen LogP contribution in [-0.2, 0) is 4.79 Å². The van der Waals surface area contributed by atoms with E-state index in [1.807, 2.05) is 13.0 Å². The van der Waals surface area contributed by atoms with E-state index in [1.165, 1.54) is 0 Å². The highest BCUT2D eigenvalue weighted by molar-refractivity contribution is 6.21. The Labute approximate surface area is 110 Å². The molecule has 0 spiro atoms. The largest absolute Gasteiger partial charge is 0.481 e. The van der Waals surface area contributed by atoms with Crippen molar-refractivity contribution in [2.75, 3.05) is 17.6 Å². The van der Waals surface area contributed by atoms with Crippen LogP contribution >= 0.6 is 34.8 Å². The summed E-state index contributed by atoms with van der Waals surface area (Å²) in [6, 6.07) is 0. The Morgan fingerprint density at radius 2 is 2.06 bits per heavy atom. The van der Waals surface area contributed by atoms with Gasteiger partial charge in [-0.25, -0.2) is 0 Å². The van der Waals surface area contributed by atoms with Gasteiger partial charge in [0.1, 0.15) is 0 Å². The molecule has 1 rings (SSSR count). The Morgan fingerprint density at radius 3 is 2.44 bits per heavy atom. The summed E-state index contributed by atoms with van der Waals surface area (Å²) in [6.07, 6.45) is 3.51. The van der Waals surface area contributed by atoms with Gasteiger partial charge in [0.2, 0.25) is 0 Å². The fourth-order valence-electron chi connectivity index (χ4n) is 1.82. The summed E-state index contributed by atoms with van der Waals surface area (Å²) in [5, 5.41) is 9.21. The first-order chi connectivity index (χ1) is 7.49. The first kappa shape index (κ1) is 13.9. The number of hydrogen-bond donors (Lipinski definition) is 1. The van der Waals surface area contributed by atoms with Gasteiger partial charge in [0.05, 0.1) is 5.92 Å². The molecular weight excluding hydrogens is 270 g/mol. The molecule has 0 radical (unpaired) electrons. The summed E-state index contributed by atoms with van der Waals surface area (Å²) in [6.45, 7) is 1.81. The number of alkyl halides is 3. The van der Waals surface area contributed by atoms with Gasteiger partial charge in [0, 0.05) is 23.1 Å². The van der Waals surface area contributed by atoms with Gasteiger partial charge in [0.25, 0.3) is 0 Å². The van der Waals surface area contributed by atoms with Crippen LogP contribution in [0.4, 0.5) is 0 Å². The lowest BCUT2D eigenvalue weighted by Gasteiger charge is -2.37. The summed E-state index contributed by atoms with van der Waals surface area (Å²) < 4.78 is 0. The molecule has 1 N–H and O–H groups in total. The molecular formula is C11H13Cl3O2. The van der Waals surface area contributed by atoms with Gasteiger partial charge >= 0.3 is 5.97 Å². The maximum absolute atomic E-state index is 11.2. The molecule has 0 bridgehead atoms. The van der Waals surface area contributed by atoms with Gasteiger partial charge in [-0.15, -0.1) is 34.8 Å². The van der Waals surface area contributed by atoms with Gasteiger partial charge in [-0.1, -0.05) is 19.1 Å². The Balaban J connectivity index is 3.21. The van der Waals surface area contributed by atoms with Gasteiger partial charge < -0.3 is 5.11 Å². The molecule has 0 aromatic heterocycles. The van der Waals surface area contributed by atoms with Crippen molar-refractivity contribution in [1.29, 1.82) is 0 Å². The highest BCUT2D eigenvalue weighted by Crippen LogP contribution is 2.42. The molecule has 90 valence electrons. The van der Waals surface area contributed by atoms with E-state index >= 15 is 0 Å². The maximum Gasteiger partial charge on any atom is 0.311 e. The van der Waals surface area contributed by atoms with E-state index in [9.17, 15) is 9.90 Å². The second kappa shape index (κ2) is 5.44. The Morgan fingerprint density at radius 1 is 1.44 bits per heavy atom. The minimum Gasteiger partial charge on any atom is -0.481 e. The van der Waals surface area contributed by atoms with Crippen molar-refractivity contribution in [2.45, 2.75) is 6.92 Å². The Hall–Kier alpha value is -0.180. The van der Waals surface area contributed by atoms with Crippen LogP contribution in [0.2, 0.25) is 0 Å². The zero-order valence-corrected chi connectivity index (χ0v) is 11.1. The molecule has 2 unspecified atom stereocenters. The van der Waals surface area contributed by atoms with Crippen molar-refractivity contribution >= 4 is 40.8 Å². The third kappa shape index (κ3) is 2.39. The zero-order chi connectivity index (χ0) is 12.3. The topological polar surface area (TPSA) is 37.3 Å². The molecule has 5 heteroatoms. The van der Waals surface area contributed by atoms with Crippen LogP contribution in [0.5, 0.6) is 0 Å². The highest BCUT2D eigenvalue weighted by atomic mass is 35.5. The van der Waals surface area contributed by atoms with E-state index < -0.39 is 17.3 Å². The number of aliphatic carboxylic acids is 1. The average Bonchev–Trinajstić information content (AvgIpc) is 2.28. The van der Waals surface area contributed by atoms with Gasteiger partial charge in [-0.05, 0) is 11.1 Å². The summed E-state index contributed by atoms with van der Waals surface area (Å²) in [4.78, 5) is 11.2. The number of halogens is 3. The van der Waals surface area contributed by atoms with Crippen LogP contribution in [0, 0.1) is 11.3 Å². The van der Waals surface area contributed by atoms with E-state index in [0.29, 0.717) is 0 Å². The van der Waals surface area contributed by atoms with E-state index in [4.69, 9.17) is 34.8 Å². The predicted octanol–water partition coefficient (Wildman–Crippen LogP) is 3.28. The number of carboxylic acids is 1. The molecule has 0 saturated heterocycles. The fraction of sp³-hybridized carbons (Fsp3) is 0.545. The molecule has 0 heterocycles. The van der Waals surface area contributed by atoms with Gasteiger partial charge in [0.15, 0.2) is 0 Å². The number of allylic oxidation sites excluding steroid dienone is 3. The third-order valence-corrected chi connectivity index (χ3v) is 4.15. The van der Waals surface area contributed by atoms with Gasteiger partial charge in [-0.3, -0.25) is 4.79 Å². The van der Waals surface area contributed by atoms with Crippen molar-refractivity contribution in [3.8, 4) is 0 Å². The van der Waals surface area contributed by atoms with Crippen molar-refractivity contribution < 1.29 is 9.90 Å². The van der Waals surface area contributed by atoms with Crippen LogP contribution in [0.25, 0.3) is 0 Å². The highest BCUT2D eigenvalue weighted by Gasteiger charge is 2.42. The lowest BCUT2D eigenvalue weighted by molar-refractivity contribution is -0.142. The minimum absolute atomic E-state index is 0.217. The SMILES string of the molecule is CC1(CCl)C(CCl)=CC(CCl)=CC1C(=O)O. The molecule has 1 aliphatic rings. The average molecular weight is 284 g/mol. The quantitative estimate of drug-likeness (QED) is 0.804. The molecule has 0 aromatic rings. The Kier molecular flexibility index (Phi) is 4.72. The molecule has 2 atom stereocenters. The van der Waals surface area contributed by atoms with Crippen LogP contribution in [0.15, 0.2) is 23.3 Å². The molecule has 0 saturated carbocycles. The van der Waals surface area contributed by atoms with E-state index in [0.717, 1.165) is 11.1 Å². The normalized spacial score (nSPS) is 29.6. The monoisotopic (exact) mass is 282 g/mol. The van der Waals surface area contributed by atoms with Crippen LogP contribution in [0.1, 0.15) is 6.92 Å². The van der Waals surface area contributed by atoms with E-state index in [-0.39, 0.29) is 17.6 Å². The number of hydrogen-bond acceptors (Lipinski definition) is 1. The van der Waals surface area contributed by atoms with Crippen molar-refractivity contribution in [3.05, 3.63) is 23.3 Å². The minimum atomic E-state index is -0.901. The summed E-state index contributed by atoms with van der Waals surface area (Å²) >= 11 is 17.5. The van der Waals surface area contributed by atoms with Crippen molar-refractivity contribution in [3.63, 3.8) is 0 Å². The molecule has 0 amide bonds. The third-order valence-electron chi connectivity index (χ3n) is 3.00. The lowest BCUT2D eigenvalue weighted by atomic mass is 9.69. The van der Waals surface area contributed by atoms with Crippen LogP contribution in [-0.4, -0.2) is 28.7 Å². The standard InChI is InChI=1S/C11H13Cl3O2/c1-11(6-14)8(5-13)2-7(4-12)3-9(11)10(15)16/h2-3,9H,4-6H2,1H3,(H,15,16). The zero-order valence-electron chi connectivity index (χ0n) is 8.84. The fourth-order valence-corrected chi connectivity index (χ4v) is 2.71. The summed E-state index contributed by atoms with van der Waals surface area (Å²) in [5.41, 5.74) is 0.979. The molecule has 2 nitrogen and oxygen atoms in total. The lowest BCUT2D eigenvalue weighted by Crippen LogP contribution is -2.38. The number of carbonyl (C=O) groups is 1. The summed E-state index contributed by atoms with van der Waals surface area (Å²) in [7, 11) is 0. The first-order valence-corrected chi connectivity index (χ1v) is 6.42. The van der Waals surface area contributed by atoms with Crippen molar-refractivity contribution in [1.82, 2.24) is 0 Å². The van der Waals surface area contributed by atoms with Crippen molar-refractivity contribution in [2.24, 2.45) is 11.3 Å². The molecule has 1 aliphatic carbocycles. The van der Waals surface area contributed by atoms with Crippen LogP contribution < -0.4 is 0 Å². The molecule has 0 aliphatic heterocycles. The molecule has 16 heavy (non-hydrogen) atoms. The predicted molar refractivity (Wildman–Crippen MR) is 67.6 cm³/mol. The first-order valence-electron chi connectivity index (χ1n) is 4.82. The summed E-state index contributed by atoms with van der Waals surface area (Å²) in [5.74, 6) is -0.808.